The van der Waals surface area contributed by atoms with E-state index in [-0.39, 0.29) is 5.92 Å². The molecule has 0 amide bonds. The second-order valence-electron chi connectivity index (χ2n) is 8.79. The number of benzene rings is 2. The molecule has 1 aliphatic heterocycles. The van der Waals surface area contributed by atoms with Gasteiger partial charge in [-0.1, -0.05) is 61.4 Å². The first-order valence-electron chi connectivity index (χ1n) is 11.6. The van der Waals surface area contributed by atoms with Gasteiger partial charge in [-0.15, -0.1) is 5.10 Å². The van der Waals surface area contributed by atoms with Crippen LogP contribution in [0.15, 0.2) is 66.7 Å². The molecule has 164 valence electrons. The summed E-state index contributed by atoms with van der Waals surface area (Å²) in [5.41, 5.74) is 11.3. The first-order chi connectivity index (χ1) is 15.8. The lowest BCUT2D eigenvalue weighted by molar-refractivity contribution is 0.366. The molecule has 0 saturated carbocycles. The van der Waals surface area contributed by atoms with Gasteiger partial charge in [-0.25, -0.2) is 4.98 Å². The van der Waals surface area contributed by atoms with Crippen molar-refractivity contribution >= 4 is 22.7 Å². The lowest BCUT2D eigenvalue weighted by atomic mass is 9.84. The Morgan fingerprint density at radius 3 is 2.44 bits per heavy atom. The van der Waals surface area contributed by atoms with Crippen molar-refractivity contribution in [1.29, 1.82) is 0 Å². The fourth-order valence-electron chi connectivity index (χ4n) is 5.06. The number of pyridine rings is 1. The van der Waals surface area contributed by atoms with Gasteiger partial charge >= 0.3 is 0 Å². The van der Waals surface area contributed by atoms with E-state index in [0.29, 0.717) is 11.5 Å². The lowest BCUT2D eigenvalue weighted by Crippen LogP contribution is -2.33. The molecule has 32 heavy (non-hydrogen) atoms. The summed E-state index contributed by atoms with van der Waals surface area (Å²) < 4.78 is 0. The van der Waals surface area contributed by atoms with Gasteiger partial charge in [0, 0.05) is 24.7 Å². The summed E-state index contributed by atoms with van der Waals surface area (Å²) in [6.45, 7) is 2.30. The van der Waals surface area contributed by atoms with E-state index in [1.165, 1.54) is 36.9 Å². The molecule has 3 heterocycles. The van der Waals surface area contributed by atoms with Crippen LogP contribution in [0.5, 0.6) is 0 Å². The van der Waals surface area contributed by atoms with Gasteiger partial charge in [0.2, 0.25) is 5.65 Å². The molecule has 0 radical (unpaired) electrons. The Morgan fingerprint density at radius 2 is 1.69 bits per heavy atom. The molecule has 1 saturated heterocycles. The molecule has 0 bridgehead atoms. The van der Waals surface area contributed by atoms with E-state index in [1.807, 2.05) is 6.07 Å². The molecule has 2 aromatic heterocycles. The first-order valence-corrected chi connectivity index (χ1v) is 11.6. The highest BCUT2D eigenvalue weighted by molar-refractivity contribution is 5.77. The van der Waals surface area contributed by atoms with Gasteiger partial charge in [-0.05, 0) is 54.5 Å². The van der Waals surface area contributed by atoms with E-state index in [1.54, 1.807) is 0 Å². The zero-order valence-corrected chi connectivity index (χ0v) is 18.3. The van der Waals surface area contributed by atoms with Crippen LogP contribution < -0.4 is 10.6 Å². The third-order valence-electron chi connectivity index (χ3n) is 6.76. The monoisotopic (exact) mass is 426 g/mol. The molecular weight excluding hydrogens is 396 g/mol. The van der Waals surface area contributed by atoms with Gasteiger partial charge in [-0.3, -0.25) is 0 Å². The van der Waals surface area contributed by atoms with Crippen LogP contribution >= 0.6 is 0 Å². The predicted octanol–water partition coefficient (Wildman–Crippen LogP) is 5.15. The third-order valence-corrected chi connectivity index (χ3v) is 6.76. The molecule has 6 nitrogen and oxygen atoms in total. The SMILES string of the molecule is Nc1cc(C(CCCC2CCN(c3ccccc3)CC2)c2ccccc2)c2n[nH]nc2n1. The summed E-state index contributed by atoms with van der Waals surface area (Å²) in [6.07, 6.45) is 6.03. The van der Waals surface area contributed by atoms with Crippen molar-refractivity contribution in [3.05, 3.63) is 77.9 Å². The Kier molecular flexibility index (Phi) is 6.01. The maximum atomic E-state index is 6.11. The van der Waals surface area contributed by atoms with Gasteiger partial charge in [0.05, 0.1) is 0 Å². The molecule has 0 aliphatic carbocycles. The van der Waals surface area contributed by atoms with Crippen LogP contribution in [0.2, 0.25) is 0 Å². The Hall–Kier alpha value is -3.41. The molecule has 2 aromatic carbocycles. The first kappa shape index (κ1) is 20.5. The standard InChI is InChI=1S/C26H30N6/c27-24-18-23(25-26(28-24)30-31-29-25)22(20-9-3-1-4-10-20)13-7-8-19-14-16-32(17-15-19)21-11-5-2-6-12-21/h1-6,9-12,18-19,22H,7-8,13-17H2,(H3,27,28,29,30,31). The quantitative estimate of drug-likeness (QED) is 0.427. The Balaban J connectivity index is 1.26. The van der Waals surface area contributed by atoms with Crippen molar-refractivity contribution < 1.29 is 0 Å². The minimum Gasteiger partial charge on any atom is -0.384 e. The number of rotatable bonds is 7. The maximum absolute atomic E-state index is 6.11. The number of aromatic nitrogens is 4. The average Bonchev–Trinajstić information content (AvgIpc) is 3.31. The van der Waals surface area contributed by atoms with Crippen molar-refractivity contribution in [2.45, 2.75) is 38.0 Å². The fourth-order valence-corrected chi connectivity index (χ4v) is 5.06. The minimum atomic E-state index is 0.235. The minimum absolute atomic E-state index is 0.235. The molecular formula is C26H30N6. The van der Waals surface area contributed by atoms with Gasteiger partial charge < -0.3 is 10.6 Å². The van der Waals surface area contributed by atoms with Gasteiger partial charge in [-0.2, -0.15) is 10.3 Å². The number of piperidine rings is 1. The Bertz CT molecular complexity index is 1130. The van der Waals surface area contributed by atoms with Crippen LogP contribution in [0.3, 0.4) is 0 Å². The molecule has 4 aromatic rings. The summed E-state index contributed by atoms with van der Waals surface area (Å²) >= 11 is 0. The number of nitrogens with two attached hydrogens (primary N) is 1. The average molecular weight is 427 g/mol. The number of anilines is 2. The predicted molar refractivity (Wildman–Crippen MR) is 130 cm³/mol. The highest BCUT2D eigenvalue weighted by Crippen LogP contribution is 2.35. The van der Waals surface area contributed by atoms with Crippen LogP contribution in [0.1, 0.15) is 49.1 Å². The number of aromatic amines is 1. The van der Waals surface area contributed by atoms with Crippen molar-refractivity contribution in [2.75, 3.05) is 23.7 Å². The number of para-hydroxylation sites is 1. The molecule has 3 N–H and O–H groups in total. The van der Waals surface area contributed by atoms with Crippen molar-refractivity contribution in [3.8, 4) is 0 Å². The van der Waals surface area contributed by atoms with Gasteiger partial charge in [0.15, 0.2) is 0 Å². The third kappa shape index (κ3) is 4.44. The number of fused-ring (bicyclic) bond motifs is 1. The zero-order chi connectivity index (χ0) is 21.8. The summed E-state index contributed by atoms with van der Waals surface area (Å²) in [7, 11) is 0. The maximum Gasteiger partial charge on any atom is 0.203 e. The normalized spacial score (nSPS) is 15.8. The smallest absolute Gasteiger partial charge is 0.203 e. The summed E-state index contributed by atoms with van der Waals surface area (Å²) in [4.78, 5) is 6.84. The number of hydrogen-bond acceptors (Lipinski definition) is 5. The molecule has 1 atom stereocenters. The van der Waals surface area contributed by atoms with Gasteiger partial charge in [0.25, 0.3) is 0 Å². The lowest BCUT2D eigenvalue weighted by Gasteiger charge is -2.34. The number of H-pyrrole nitrogens is 1. The topological polar surface area (TPSA) is 83.7 Å². The molecule has 6 heteroatoms. The Labute approximate surface area is 188 Å². The van der Waals surface area contributed by atoms with E-state index in [4.69, 9.17) is 5.73 Å². The highest BCUT2D eigenvalue weighted by atomic mass is 15.3. The molecule has 1 aliphatic rings. The van der Waals surface area contributed by atoms with Crippen molar-refractivity contribution in [2.24, 2.45) is 5.92 Å². The van der Waals surface area contributed by atoms with Crippen molar-refractivity contribution in [1.82, 2.24) is 20.4 Å². The summed E-state index contributed by atoms with van der Waals surface area (Å²) in [6, 6.07) is 23.4. The zero-order valence-electron chi connectivity index (χ0n) is 18.3. The molecule has 0 spiro atoms. The van der Waals surface area contributed by atoms with Crippen LogP contribution in [0.25, 0.3) is 11.2 Å². The number of nitrogens with zero attached hydrogens (tertiary/aromatic N) is 4. The fraction of sp³-hybridized carbons (Fsp3) is 0.346. The second kappa shape index (κ2) is 9.39. The van der Waals surface area contributed by atoms with Crippen LogP contribution in [-0.4, -0.2) is 33.5 Å². The molecule has 1 fully saturated rings. The van der Waals surface area contributed by atoms with E-state index < -0.39 is 0 Å². The second-order valence-corrected chi connectivity index (χ2v) is 8.79. The van der Waals surface area contributed by atoms with E-state index >= 15 is 0 Å². The summed E-state index contributed by atoms with van der Waals surface area (Å²) in [5, 5.41) is 11.3. The van der Waals surface area contributed by atoms with Crippen LogP contribution in [0, 0.1) is 5.92 Å². The highest BCUT2D eigenvalue weighted by Gasteiger charge is 2.23. The number of hydrogen-bond donors (Lipinski definition) is 2. The Morgan fingerprint density at radius 1 is 0.969 bits per heavy atom. The van der Waals surface area contributed by atoms with E-state index in [2.05, 4.69) is 86.0 Å². The number of nitrogens with one attached hydrogen (secondary N) is 1. The number of nitrogen functional groups attached to an aromatic ring is 1. The van der Waals surface area contributed by atoms with Gasteiger partial charge in [0.1, 0.15) is 11.3 Å². The molecule has 5 rings (SSSR count). The molecule has 1 unspecified atom stereocenters. The van der Waals surface area contributed by atoms with E-state index in [0.717, 1.165) is 36.5 Å². The van der Waals surface area contributed by atoms with Crippen LogP contribution in [-0.2, 0) is 0 Å². The van der Waals surface area contributed by atoms with E-state index in [9.17, 15) is 0 Å². The largest absolute Gasteiger partial charge is 0.384 e. The van der Waals surface area contributed by atoms with Crippen LogP contribution in [0.4, 0.5) is 11.5 Å². The summed E-state index contributed by atoms with van der Waals surface area (Å²) in [5.74, 6) is 1.52. The van der Waals surface area contributed by atoms with Crippen molar-refractivity contribution in [3.63, 3.8) is 0 Å².